The number of rotatable bonds is 3. The highest BCUT2D eigenvalue weighted by Gasteiger charge is 2.06. The van der Waals surface area contributed by atoms with Crippen LogP contribution in [-0.4, -0.2) is 4.57 Å². The van der Waals surface area contributed by atoms with Crippen molar-refractivity contribution in [2.24, 2.45) is 0 Å². The lowest BCUT2D eigenvalue weighted by molar-refractivity contribution is 0.722. The Morgan fingerprint density at radius 1 is 0.947 bits per heavy atom. The molecule has 0 unspecified atom stereocenters. The summed E-state index contributed by atoms with van der Waals surface area (Å²) in [5.74, 6) is 0. The summed E-state index contributed by atoms with van der Waals surface area (Å²) in [6, 6.07) is 20.8. The van der Waals surface area contributed by atoms with Crippen LogP contribution in [0.1, 0.15) is 11.1 Å². The van der Waals surface area contributed by atoms with Crippen molar-refractivity contribution < 1.29 is 0 Å². The number of hydrogen-bond acceptors (Lipinski definition) is 1. The topological polar surface area (TPSA) is 28.7 Å². The van der Waals surface area contributed by atoms with Crippen LogP contribution in [0.25, 0.3) is 10.9 Å². The number of aryl methyl sites for hydroxylation is 2. The van der Waals surface area contributed by atoms with E-state index >= 15 is 0 Å². The number of hydrogen-bond donors (Lipinski definition) is 0. The van der Waals surface area contributed by atoms with Gasteiger partial charge < -0.3 is 4.57 Å². The maximum atomic E-state index is 9.17. The Morgan fingerprint density at radius 3 is 2.47 bits per heavy atom. The number of benzene rings is 2. The fourth-order valence-electron chi connectivity index (χ4n) is 2.42. The Balaban J connectivity index is 1.92. The van der Waals surface area contributed by atoms with Crippen LogP contribution in [0.3, 0.4) is 0 Å². The van der Waals surface area contributed by atoms with Gasteiger partial charge in [0, 0.05) is 23.6 Å². The van der Waals surface area contributed by atoms with Gasteiger partial charge in [0.05, 0.1) is 5.56 Å². The molecule has 19 heavy (non-hydrogen) atoms. The molecular weight excluding hydrogens is 232 g/mol. The minimum atomic E-state index is 0.753. The van der Waals surface area contributed by atoms with Gasteiger partial charge in [0.1, 0.15) is 6.07 Å². The van der Waals surface area contributed by atoms with Crippen molar-refractivity contribution in [2.75, 3.05) is 0 Å². The molecule has 0 radical (unpaired) electrons. The molecule has 0 saturated carbocycles. The van der Waals surface area contributed by atoms with E-state index in [9.17, 15) is 5.26 Å². The summed E-state index contributed by atoms with van der Waals surface area (Å²) in [5, 5.41) is 10.2. The standard InChI is InChI=1S/C17H14N2/c18-12-15-13-19(17-9-5-4-8-16(15)17)11-10-14-6-2-1-3-7-14/h1-9,13H,10-11H2. The highest BCUT2D eigenvalue weighted by molar-refractivity contribution is 5.86. The first kappa shape index (κ1) is 11.6. The molecule has 1 heterocycles. The number of aromatic nitrogens is 1. The molecule has 0 atom stereocenters. The van der Waals surface area contributed by atoms with Crippen molar-refractivity contribution in [1.29, 1.82) is 5.26 Å². The van der Waals surface area contributed by atoms with E-state index in [1.54, 1.807) is 0 Å². The average molecular weight is 246 g/mol. The van der Waals surface area contributed by atoms with E-state index in [1.165, 1.54) is 5.56 Å². The molecule has 0 N–H and O–H groups in total. The third-order valence-corrected chi connectivity index (χ3v) is 3.39. The lowest BCUT2D eigenvalue weighted by Gasteiger charge is -2.05. The quantitative estimate of drug-likeness (QED) is 0.691. The van der Waals surface area contributed by atoms with Gasteiger partial charge >= 0.3 is 0 Å². The summed E-state index contributed by atoms with van der Waals surface area (Å²) in [5.41, 5.74) is 3.21. The Kier molecular flexibility index (Phi) is 3.04. The first-order valence-corrected chi connectivity index (χ1v) is 6.40. The van der Waals surface area contributed by atoms with Crippen molar-refractivity contribution >= 4 is 10.9 Å². The second-order valence-corrected chi connectivity index (χ2v) is 4.60. The third-order valence-electron chi connectivity index (χ3n) is 3.39. The minimum absolute atomic E-state index is 0.753. The third kappa shape index (κ3) is 2.23. The van der Waals surface area contributed by atoms with E-state index in [1.807, 2.05) is 30.5 Å². The Labute approximate surface area is 112 Å². The second-order valence-electron chi connectivity index (χ2n) is 4.60. The van der Waals surface area contributed by atoms with Crippen LogP contribution in [0.15, 0.2) is 60.8 Å². The van der Waals surface area contributed by atoms with Crippen LogP contribution in [0, 0.1) is 11.3 Å². The van der Waals surface area contributed by atoms with Crippen molar-refractivity contribution in [3.05, 3.63) is 71.9 Å². The SMILES string of the molecule is N#Cc1cn(CCc2ccccc2)c2ccccc12. The number of fused-ring (bicyclic) bond motifs is 1. The van der Waals surface area contributed by atoms with E-state index in [0.29, 0.717) is 0 Å². The number of para-hydroxylation sites is 1. The van der Waals surface area contributed by atoms with Crippen LogP contribution in [0.4, 0.5) is 0 Å². The zero-order valence-electron chi connectivity index (χ0n) is 10.6. The molecule has 2 nitrogen and oxygen atoms in total. The fourth-order valence-corrected chi connectivity index (χ4v) is 2.42. The molecule has 0 aliphatic carbocycles. The van der Waals surface area contributed by atoms with Gasteiger partial charge in [-0.3, -0.25) is 0 Å². The molecule has 92 valence electrons. The highest BCUT2D eigenvalue weighted by atomic mass is 15.0. The van der Waals surface area contributed by atoms with E-state index in [-0.39, 0.29) is 0 Å². The minimum Gasteiger partial charge on any atom is -0.346 e. The molecule has 3 aromatic rings. The van der Waals surface area contributed by atoms with Crippen LogP contribution in [0.5, 0.6) is 0 Å². The van der Waals surface area contributed by atoms with Gasteiger partial charge in [-0.2, -0.15) is 5.26 Å². The molecule has 0 bridgehead atoms. The predicted octanol–water partition coefficient (Wildman–Crippen LogP) is 3.76. The van der Waals surface area contributed by atoms with E-state index < -0.39 is 0 Å². The normalized spacial score (nSPS) is 10.5. The Bertz CT molecular complexity index is 733. The zero-order valence-corrected chi connectivity index (χ0v) is 10.6. The molecule has 0 fully saturated rings. The van der Waals surface area contributed by atoms with Gasteiger partial charge in [0.2, 0.25) is 0 Å². The first-order valence-electron chi connectivity index (χ1n) is 6.40. The van der Waals surface area contributed by atoms with Gasteiger partial charge in [0.15, 0.2) is 0 Å². The lowest BCUT2D eigenvalue weighted by Crippen LogP contribution is -1.99. The van der Waals surface area contributed by atoms with Gasteiger partial charge in [-0.25, -0.2) is 0 Å². The first-order chi connectivity index (χ1) is 9.38. The Hall–Kier alpha value is -2.53. The van der Waals surface area contributed by atoms with Crippen LogP contribution >= 0.6 is 0 Å². The van der Waals surface area contributed by atoms with Gasteiger partial charge in [0.25, 0.3) is 0 Å². The number of nitrogens with zero attached hydrogens (tertiary/aromatic N) is 2. The van der Waals surface area contributed by atoms with Gasteiger partial charge in [-0.1, -0.05) is 48.5 Å². The summed E-state index contributed by atoms with van der Waals surface area (Å²) < 4.78 is 2.17. The fraction of sp³-hybridized carbons (Fsp3) is 0.118. The molecular formula is C17H14N2. The van der Waals surface area contributed by atoms with Gasteiger partial charge in [-0.15, -0.1) is 0 Å². The molecule has 2 heteroatoms. The van der Waals surface area contributed by atoms with Crippen molar-refractivity contribution in [2.45, 2.75) is 13.0 Å². The van der Waals surface area contributed by atoms with E-state index in [2.05, 4.69) is 41.0 Å². The van der Waals surface area contributed by atoms with Gasteiger partial charge in [-0.05, 0) is 18.1 Å². The highest BCUT2D eigenvalue weighted by Crippen LogP contribution is 2.20. The van der Waals surface area contributed by atoms with Crippen LogP contribution in [-0.2, 0) is 13.0 Å². The summed E-state index contributed by atoms with van der Waals surface area (Å²) in [6.45, 7) is 0.895. The zero-order chi connectivity index (χ0) is 13.1. The van der Waals surface area contributed by atoms with Crippen LogP contribution < -0.4 is 0 Å². The van der Waals surface area contributed by atoms with Crippen LogP contribution in [0.2, 0.25) is 0 Å². The van der Waals surface area contributed by atoms with Crippen molar-refractivity contribution in [3.8, 4) is 6.07 Å². The maximum absolute atomic E-state index is 9.17. The van der Waals surface area contributed by atoms with Crippen molar-refractivity contribution in [3.63, 3.8) is 0 Å². The second kappa shape index (κ2) is 4.99. The molecule has 0 aliphatic heterocycles. The van der Waals surface area contributed by atoms with E-state index in [4.69, 9.17) is 0 Å². The summed E-state index contributed by atoms with van der Waals surface area (Å²) in [4.78, 5) is 0. The predicted molar refractivity (Wildman–Crippen MR) is 76.8 cm³/mol. The molecule has 0 spiro atoms. The summed E-state index contributed by atoms with van der Waals surface area (Å²) in [6.07, 6.45) is 2.93. The van der Waals surface area contributed by atoms with Crippen molar-refractivity contribution in [1.82, 2.24) is 4.57 Å². The number of nitriles is 1. The summed E-state index contributed by atoms with van der Waals surface area (Å²) >= 11 is 0. The molecule has 0 amide bonds. The van der Waals surface area contributed by atoms with E-state index in [0.717, 1.165) is 29.4 Å². The lowest BCUT2D eigenvalue weighted by atomic mass is 10.1. The molecule has 1 aromatic heterocycles. The molecule has 2 aromatic carbocycles. The smallest absolute Gasteiger partial charge is 0.101 e. The Morgan fingerprint density at radius 2 is 1.68 bits per heavy atom. The largest absolute Gasteiger partial charge is 0.346 e. The average Bonchev–Trinajstić information content (AvgIpc) is 2.84. The monoisotopic (exact) mass is 246 g/mol. The molecule has 0 saturated heterocycles. The molecule has 3 rings (SSSR count). The summed E-state index contributed by atoms with van der Waals surface area (Å²) in [7, 11) is 0. The maximum Gasteiger partial charge on any atom is 0.101 e. The molecule has 0 aliphatic rings.